The fraction of sp³-hybridized carbons (Fsp3) is 0.455. The molecule has 0 bridgehead atoms. The van der Waals surface area contributed by atoms with E-state index in [4.69, 9.17) is 16.3 Å². The summed E-state index contributed by atoms with van der Waals surface area (Å²) in [4.78, 5) is 50.2. The third-order valence-corrected chi connectivity index (χ3v) is 7.86. The number of esters is 1. The molecule has 2 atom stereocenters. The van der Waals surface area contributed by atoms with E-state index in [0.29, 0.717) is 23.4 Å². The minimum absolute atomic E-state index is 0. The van der Waals surface area contributed by atoms with Gasteiger partial charge in [-0.15, -0.1) is 11.8 Å². The van der Waals surface area contributed by atoms with Crippen LogP contribution in [-0.2, 0) is 29.3 Å². The summed E-state index contributed by atoms with van der Waals surface area (Å²) in [5, 5.41) is 14.6. The van der Waals surface area contributed by atoms with Crippen LogP contribution in [0.2, 0.25) is 5.02 Å². The van der Waals surface area contributed by atoms with Crippen LogP contribution in [0.25, 0.3) is 0 Å². The number of carbonyl (C=O) groups excluding carboxylic acids is 4. The molecule has 1 saturated heterocycles. The van der Waals surface area contributed by atoms with Gasteiger partial charge in [0.15, 0.2) is 0 Å². The number of hydrogen-bond acceptors (Lipinski definition) is 7. The van der Waals surface area contributed by atoms with Crippen molar-refractivity contribution < 1.29 is 58.6 Å². The number of nitrogens with zero attached hydrogens (tertiary/aromatic N) is 1. The molecule has 8 nitrogen and oxygen atoms in total. The average molecular weight is 501 g/mol. The van der Waals surface area contributed by atoms with Crippen LogP contribution in [0.15, 0.2) is 35.5 Å². The predicted molar refractivity (Wildman–Crippen MR) is 115 cm³/mol. The van der Waals surface area contributed by atoms with E-state index in [9.17, 15) is 24.3 Å². The SMILES string of the molecule is CC(=O)OCC1=C(C(=O)[O-])N2C(=O)[C@@H](NC(=O)C3(c4ccc(Cl)cc4)CCCC3)[C@H]2SC1.[Na+]. The summed E-state index contributed by atoms with van der Waals surface area (Å²) in [6.07, 6.45) is 3.13. The van der Waals surface area contributed by atoms with E-state index in [-0.39, 0.29) is 53.5 Å². The fourth-order valence-corrected chi connectivity index (χ4v) is 6.10. The molecule has 1 saturated carbocycles. The quantitative estimate of drug-likeness (QED) is 0.276. The molecule has 1 aliphatic carbocycles. The third kappa shape index (κ3) is 4.84. The maximum atomic E-state index is 13.4. The van der Waals surface area contributed by atoms with E-state index >= 15 is 0 Å². The van der Waals surface area contributed by atoms with Crippen molar-refractivity contribution in [2.45, 2.75) is 49.4 Å². The standard InChI is InChI=1S/C22H23ClN2O6S.Na/c1-12(26)31-10-13-11-32-19-16(18(27)25(19)17(13)20(28)29)24-21(30)22(8-2-3-9-22)14-4-6-15(23)7-5-14;/h4-7,16,19H,2-3,8-11H2,1H3,(H,24,30)(H,28,29);/q;+1/p-1/t16-,19-;/m1./s1. The molecule has 0 unspecified atom stereocenters. The number of carbonyl (C=O) groups is 4. The Hall–Kier alpha value is -1.52. The van der Waals surface area contributed by atoms with Crippen molar-refractivity contribution in [3.8, 4) is 0 Å². The Morgan fingerprint density at radius 3 is 2.45 bits per heavy atom. The minimum atomic E-state index is -1.51. The molecule has 1 N–H and O–H groups in total. The molecule has 33 heavy (non-hydrogen) atoms. The zero-order valence-electron chi connectivity index (χ0n) is 18.4. The van der Waals surface area contributed by atoms with Crippen LogP contribution in [0, 0.1) is 0 Å². The molecule has 1 aromatic rings. The van der Waals surface area contributed by atoms with Crippen LogP contribution < -0.4 is 40.0 Å². The Kier molecular flexibility index (Phi) is 8.22. The first-order valence-corrected chi connectivity index (χ1v) is 11.8. The third-order valence-electron chi connectivity index (χ3n) is 6.27. The van der Waals surface area contributed by atoms with E-state index in [2.05, 4.69) is 5.32 Å². The molecule has 11 heteroatoms. The predicted octanol–water partition coefficient (Wildman–Crippen LogP) is -1.88. The van der Waals surface area contributed by atoms with E-state index in [1.165, 1.54) is 18.7 Å². The van der Waals surface area contributed by atoms with Crippen molar-refractivity contribution in [2.24, 2.45) is 0 Å². The van der Waals surface area contributed by atoms with Crippen molar-refractivity contribution >= 4 is 47.1 Å². The molecule has 4 rings (SSSR count). The fourth-order valence-electron chi connectivity index (χ4n) is 4.65. The number of halogens is 1. The molecule has 2 fully saturated rings. The van der Waals surface area contributed by atoms with Crippen LogP contribution >= 0.6 is 23.4 Å². The van der Waals surface area contributed by atoms with Gasteiger partial charge in [0.1, 0.15) is 18.0 Å². The van der Waals surface area contributed by atoms with Gasteiger partial charge in [0, 0.05) is 23.3 Å². The van der Waals surface area contributed by atoms with Gasteiger partial charge in [0.25, 0.3) is 5.91 Å². The summed E-state index contributed by atoms with van der Waals surface area (Å²) in [5.41, 5.74) is 0.139. The van der Waals surface area contributed by atoms with Gasteiger partial charge >= 0.3 is 35.5 Å². The number of ether oxygens (including phenoxy) is 1. The number of fused-ring (bicyclic) bond motifs is 1. The topological polar surface area (TPSA) is 116 Å². The summed E-state index contributed by atoms with van der Waals surface area (Å²) in [6.45, 7) is 0.997. The van der Waals surface area contributed by atoms with Gasteiger partial charge in [-0.3, -0.25) is 19.3 Å². The molecule has 2 heterocycles. The van der Waals surface area contributed by atoms with Gasteiger partial charge in [-0.1, -0.05) is 36.6 Å². The molecular weight excluding hydrogens is 479 g/mol. The summed E-state index contributed by atoms with van der Waals surface area (Å²) >= 11 is 7.33. The minimum Gasteiger partial charge on any atom is -0.543 e. The maximum absolute atomic E-state index is 13.4. The monoisotopic (exact) mass is 500 g/mol. The maximum Gasteiger partial charge on any atom is 1.00 e. The molecule has 3 aliphatic rings. The molecule has 2 aliphatic heterocycles. The van der Waals surface area contributed by atoms with Gasteiger partial charge in [-0.25, -0.2) is 0 Å². The summed E-state index contributed by atoms with van der Waals surface area (Å²) in [7, 11) is 0. The van der Waals surface area contributed by atoms with Crippen molar-refractivity contribution in [1.82, 2.24) is 10.2 Å². The average Bonchev–Trinajstić information content (AvgIpc) is 3.26. The first-order chi connectivity index (χ1) is 15.2. The molecule has 0 spiro atoms. The van der Waals surface area contributed by atoms with E-state index in [1.54, 1.807) is 12.1 Å². The number of thioether (sulfide) groups is 1. The Labute approximate surface area is 222 Å². The Morgan fingerprint density at radius 2 is 1.88 bits per heavy atom. The number of rotatable bonds is 6. The summed E-state index contributed by atoms with van der Waals surface area (Å²) in [5.74, 6) is -2.56. The smallest absolute Gasteiger partial charge is 0.543 e. The van der Waals surface area contributed by atoms with Crippen LogP contribution in [0.1, 0.15) is 38.2 Å². The van der Waals surface area contributed by atoms with Crippen molar-refractivity contribution in [1.29, 1.82) is 0 Å². The molecule has 1 aromatic carbocycles. The van der Waals surface area contributed by atoms with Crippen molar-refractivity contribution in [3.05, 3.63) is 46.1 Å². The normalized spacial score (nSPS) is 23.2. The van der Waals surface area contributed by atoms with E-state index in [1.807, 2.05) is 12.1 Å². The second kappa shape index (κ2) is 10.4. The zero-order valence-corrected chi connectivity index (χ0v) is 22.0. The summed E-state index contributed by atoms with van der Waals surface area (Å²) in [6, 6.07) is 6.35. The van der Waals surface area contributed by atoms with Gasteiger partial charge in [-0.2, -0.15) is 0 Å². The van der Waals surface area contributed by atoms with Gasteiger partial charge in [-0.05, 0) is 30.5 Å². The molecule has 170 valence electrons. The van der Waals surface area contributed by atoms with E-state index in [0.717, 1.165) is 23.3 Å². The van der Waals surface area contributed by atoms with Crippen LogP contribution in [0.3, 0.4) is 0 Å². The van der Waals surface area contributed by atoms with Gasteiger partial charge in [0.2, 0.25) is 5.91 Å². The number of β-lactam (4-membered cyclic amide) rings is 1. The molecule has 0 radical (unpaired) electrons. The van der Waals surface area contributed by atoms with Crippen molar-refractivity contribution in [3.63, 3.8) is 0 Å². The first kappa shape index (κ1) is 26.1. The Morgan fingerprint density at radius 1 is 1.24 bits per heavy atom. The number of carboxylic acids is 1. The molecule has 2 amide bonds. The number of nitrogens with one attached hydrogen (secondary N) is 1. The van der Waals surface area contributed by atoms with Gasteiger partial charge in [0.05, 0.1) is 17.1 Å². The largest absolute Gasteiger partial charge is 1.00 e. The van der Waals surface area contributed by atoms with E-state index < -0.39 is 34.7 Å². The zero-order chi connectivity index (χ0) is 23.0. The van der Waals surface area contributed by atoms with Crippen LogP contribution in [-0.4, -0.2) is 52.4 Å². The molecule has 0 aromatic heterocycles. The summed E-state index contributed by atoms with van der Waals surface area (Å²) < 4.78 is 4.92. The number of benzene rings is 1. The Balaban J connectivity index is 0.00000306. The second-order valence-electron chi connectivity index (χ2n) is 8.18. The van der Waals surface area contributed by atoms with Gasteiger partial charge < -0.3 is 20.0 Å². The van der Waals surface area contributed by atoms with Crippen LogP contribution in [0.5, 0.6) is 0 Å². The van der Waals surface area contributed by atoms with Crippen molar-refractivity contribution in [2.75, 3.05) is 12.4 Å². The number of hydrogen-bond donors (Lipinski definition) is 1. The van der Waals surface area contributed by atoms with Crippen LogP contribution in [0.4, 0.5) is 0 Å². The second-order valence-corrected chi connectivity index (χ2v) is 9.72. The number of aliphatic carboxylic acids is 1. The first-order valence-electron chi connectivity index (χ1n) is 10.3. The number of amides is 2. The Bertz CT molecular complexity index is 1010. The number of carboxylic acid groups (broad SMARTS) is 1. The molecular formula is C22H22ClN2NaO6S.